The Labute approximate surface area is 202 Å². The van der Waals surface area contributed by atoms with Crippen molar-refractivity contribution < 1.29 is 14.6 Å². The van der Waals surface area contributed by atoms with Crippen molar-refractivity contribution in [2.45, 2.75) is 13.5 Å². The van der Waals surface area contributed by atoms with Gasteiger partial charge < -0.3 is 9.84 Å². The molecule has 2 heterocycles. The van der Waals surface area contributed by atoms with Crippen LogP contribution in [0.1, 0.15) is 32.9 Å². The fourth-order valence-electron chi connectivity index (χ4n) is 3.94. The van der Waals surface area contributed by atoms with Crippen molar-refractivity contribution in [2.24, 2.45) is 0 Å². The molecule has 0 aliphatic rings. The van der Waals surface area contributed by atoms with E-state index in [1.165, 1.54) is 0 Å². The van der Waals surface area contributed by atoms with Gasteiger partial charge in [-0.05, 0) is 54.5 Å². The summed E-state index contributed by atoms with van der Waals surface area (Å²) >= 11 is 0. The zero-order valence-electron chi connectivity index (χ0n) is 19.1. The van der Waals surface area contributed by atoms with Crippen LogP contribution in [0.3, 0.4) is 0 Å². The molecule has 0 unspecified atom stereocenters. The average molecular weight is 462 g/mol. The van der Waals surface area contributed by atoms with Crippen molar-refractivity contribution in [3.05, 3.63) is 119 Å². The standard InChI is InChI=1S/C29H23N3O3/c1-20-27-26(29(33)34)18-23(15-12-21-8-4-2-5-9-21)30-28(27)32(31-20)19-22-13-16-25(17-14-22)35-24-10-6-3-7-11-24/h2-18H,19H2,1H3,(H,33,34)/b15-12+. The molecule has 6 heteroatoms. The van der Waals surface area contributed by atoms with Gasteiger partial charge in [0.2, 0.25) is 0 Å². The number of hydrogen-bond acceptors (Lipinski definition) is 4. The number of ether oxygens (including phenoxy) is 1. The number of rotatable bonds is 7. The van der Waals surface area contributed by atoms with Gasteiger partial charge >= 0.3 is 5.97 Å². The number of nitrogens with zero attached hydrogens (tertiary/aromatic N) is 3. The minimum absolute atomic E-state index is 0.193. The third-order valence-electron chi connectivity index (χ3n) is 5.61. The van der Waals surface area contributed by atoms with Gasteiger partial charge in [-0.25, -0.2) is 14.5 Å². The highest BCUT2D eigenvalue weighted by molar-refractivity contribution is 6.03. The number of carboxylic acid groups (broad SMARTS) is 1. The molecule has 0 fully saturated rings. The summed E-state index contributed by atoms with van der Waals surface area (Å²) in [5, 5.41) is 15.0. The van der Waals surface area contributed by atoms with Gasteiger partial charge in [0, 0.05) is 0 Å². The molecule has 0 radical (unpaired) electrons. The first-order valence-electron chi connectivity index (χ1n) is 11.2. The molecule has 0 aliphatic carbocycles. The van der Waals surface area contributed by atoms with Crippen LogP contribution in [0, 0.1) is 6.92 Å². The summed E-state index contributed by atoms with van der Waals surface area (Å²) in [6, 6.07) is 28.8. The number of pyridine rings is 1. The van der Waals surface area contributed by atoms with Gasteiger partial charge in [-0.2, -0.15) is 5.10 Å². The van der Waals surface area contributed by atoms with Gasteiger partial charge in [0.05, 0.1) is 28.9 Å². The number of carboxylic acids is 1. The second kappa shape index (κ2) is 9.65. The van der Waals surface area contributed by atoms with Crippen molar-refractivity contribution in [2.75, 3.05) is 0 Å². The molecule has 0 saturated heterocycles. The lowest BCUT2D eigenvalue weighted by atomic mass is 10.1. The van der Waals surface area contributed by atoms with Crippen LogP contribution >= 0.6 is 0 Å². The molecule has 172 valence electrons. The van der Waals surface area contributed by atoms with E-state index in [0.29, 0.717) is 29.0 Å². The Bertz CT molecular complexity index is 1510. The normalized spacial score (nSPS) is 11.2. The molecular weight excluding hydrogens is 438 g/mol. The van der Waals surface area contributed by atoms with E-state index < -0.39 is 5.97 Å². The van der Waals surface area contributed by atoms with Crippen LogP contribution in [0.4, 0.5) is 0 Å². The van der Waals surface area contributed by atoms with Crippen LogP contribution in [0.2, 0.25) is 0 Å². The van der Waals surface area contributed by atoms with E-state index in [1.54, 1.807) is 10.7 Å². The summed E-state index contributed by atoms with van der Waals surface area (Å²) in [6.45, 7) is 2.26. The van der Waals surface area contributed by atoms with Crippen LogP contribution in [-0.2, 0) is 6.54 Å². The smallest absolute Gasteiger partial charge is 0.336 e. The third kappa shape index (κ3) is 4.96. The van der Waals surface area contributed by atoms with E-state index in [-0.39, 0.29) is 5.56 Å². The number of aromatic carboxylic acids is 1. The van der Waals surface area contributed by atoms with Crippen molar-refractivity contribution in [1.82, 2.24) is 14.8 Å². The molecule has 5 rings (SSSR count). The number of para-hydroxylation sites is 1. The van der Waals surface area contributed by atoms with E-state index in [4.69, 9.17) is 9.72 Å². The van der Waals surface area contributed by atoms with Crippen molar-refractivity contribution in [3.8, 4) is 11.5 Å². The molecule has 0 spiro atoms. The maximum Gasteiger partial charge on any atom is 0.336 e. The maximum atomic E-state index is 12.0. The Morgan fingerprint density at radius 3 is 2.26 bits per heavy atom. The first-order chi connectivity index (χ1) is 17.1. The Morgan fingerprint density at radius 1 is 0.914 bits per heavy atom. The summed E-state index contributed by atoms with van der Waals surface area (Å²) in [4.78, 5) is 16.8. The molecular formula is C29H23N3O3. The lowest BCUT2D eigenvalue weighted by Crippen LogP contribution is -2.05. The average Bonchev–Trinajstić information content (AvgIpc) is 3.19. The van der Waals surface area contributed by atoms with Crippen LogP contribution < -0.4 is 4.74 Å². The maximum absolute atomic E-state index is 12.0. The molecule has 3 aromatic carbocycles. The minimum Gasteiger partial charge on any atom is -0.478 e. The third-order valence-corrected chi connectivity index (χ3v) is 5.61. The van der Waals surface area contributed by atoms with Gasteiger partial charge in [-0.3, -0.25) is 0 Å². The molecule has 0 atom stereocenters. The van der Waals surface area contributed by atoms with Gasteiger partial charge in [0.1, 0.15) is 11.5 Å². The van der Waals surface area contributed by atoms with Gasteiger partial charge in [0.25, 0.3) is 0 Å². The molecule has 0 saturated carbocycles. The molecule has 0 bridgehead atoms. The number of aromatic nitrogens is 3. The van der Waals surface area contributed by atoms with E-state index in [1.807, 2.05) is 104 Å². The summed E-state index contributed by atoms with van der Waals surface area (Å²) in [7, 11) is 0. The summed E-state index contributed by atoms with van der Waals surface area (Å²) in [6.07, 6.45) is 3.74. The number of fused-ring (bicyclic) bond motifs is 1. The molecule has 2 aromatic heterocycles. The molecule has 5 aromatic rings. The first kappa shape index (κ1) is 22.1. The molecule has 0 aliphatic heterocycles. The number of aryl methyl sites for hydroxylation is 1. The zero-order chi connectivity index (χ0) is 24.2. The first-order valence-corrected chi connectivity index (χ1v) is 11.2. The van der Waals surface area contributed by atoms with Gasteiger partial charge in [-0.15, -0.1) is 0 Å². The quantitative estimate of drug-likeness (QED) is 0.301. The van der Waals surface area contributed by atoms with E-state index in [0.717, 1.165) is 22.6 Å². The van der Waals surface area contributed by atoms with Crippen molar-refractivity contribution >= 4 is 29.2 Å². The molecule has 0 amide bonds. The summed E-state index contributed by atoms with van der Waals surface area (Å²) in [5.74, 6) is 0.508. The van der Waals surface area contributed by atoms with Crippen molar-refractivity contribution in [1.29, 1.82) is 0 Å². The van der Waals surface area contributed by atoms with Crippen LogP contribution in [0.25, 0.3) is 23.2 Å². The van der Waals surface area contributed by atoms with E-state index >= 15 is 0 Å². The highest BCUT2D eigenvalue weighted by Crippen LogP contribution is 2.25. The van der Waals surface area contributed by atoms with E-state index in [2.05, 4.69) is 5.10 Å². The van der Waals surface area contributed by atoms with Crippen LogP contribution in [0.5, 0.6) is 11.5 Å². The number of hydrogen-bond donors (Lipinski definition) is 1. The summed E-state index contributed by atoms with van der Waals surface area (Å²) < 4.78 is 7.63. The van der Waals surface area contributed by atoms with Crippen LogP contribution in [0.15, 0.2) is 91.0 Å². The molecule has 1 N–H and O–H groups in total. The number of carbonyl (C=O) groups is 1. The second-order valence-corrected chi connectivity index (χ2v) is 8.14. The van der Waals surface area contributed by atoms with Gasteiger partial charge in [-0.1, -0.05) is 66.7 Å². The van der Waals surface area contributed by atoms with Crippen LogP contribution in [-0.4, -0.2) is 25.8 Å². The fourth-order valence-corrected chi connectivity index (χ4v) is 3.94. The fraction of sp³-hybridized carbons (Fsp3) is 0.0690. The van der Waals surface area contributed by atoms with Gasteiger partial charge in [0.15, 0.2) is 5.65 Å². The largest absolute Gasteiger partial charge is 0.478 e. The monoisotopic (exact) mass is 461 g/mol. The lowest BCUT2D eigenvalue weighted by molar-refractivity contribution is 0.0699. The Morgan fingerprint density at radius 2 is 1.57 bits per heavy atom. The SMILES string of the molecule is Cc1nn(Cc2ccc(Oc3ccccc3)cc2)c2nc(/C=C/c3ccccc3)cc(C(=O)O)c12. The lowest BCUT2D eigenvalue weighted by Gasteiger charge is -2.08. The second-order valence-electron chi connectivity index (χ2n) is 8.14. The predicted octanol–water partition coefficient (Wildman–Crippen LogP) is 6.45. The Hall–Kier alpha value is -4.71. The highest BCUT2D eigenvalue weighted by atomic mass is 16.5. The number of benzene rings is 3. The molecule has 35 heavy (non-hydrogen) atoms. The Kier molecular flexibility index (Phi) is 6.09. The minimum atomic E-state index is -1.00. The van der Waals surface area contributed by atoms with E-state index in [9.17, 15) is 9.90 Å². The predicted molar refractivity (Wildman–Crippen MR) is 137 cm³/mol. The highest BCUT2D eigenvalue weighted by Gasteiger charge is 2.18. The summed E-state index contributed by atoms with van der Waals surface area (Å²) in [5.41, 5.74) is 3.93. The topological polar surface area (TPSA) is 77.2 Å². The molecule has 6 nitrogen and oxygen atoms in total. The zero-order valence-corrected chi connectivity index (χ0v) is 19.1. The Balaban J connectivity index is 1.46. The van der Waals surface area contributed by atoms with Crippen molar-refractivity contribution in [3.63, 3.8) is 0 Å².